The van der Waals surface area contributed by atoms with E-state index in [0.717, 1.165) is 36.2 Å². The molecule has 1 amide bonds. The van der Waals surface area contributed by atoms with Crippen LogP contribution in [0, 0.1) is 5.92 Å². The summed E-state index contributed by atoms with van der Waals surface area (Å²) >= 11 is 0. The molecule has 1 aromatic carbocycles. The molecule has 1 unspecified atom stereocenters. The third-order valence-electron chi connectivity index (χ3n) is 3.77. The van der Waals surface area contributed by atoms with Gasteiger partial charge < -0.3 is 4.90 Å². The second-order valence-corrected chi connectivity index (χ2v) is 5.45. The van der Waals surface area contributed by atoms with Gasteiger partial charge in [-0.1, -0.05) is 25.1 Å². The summed E-state index contributed by atoms with van der Waals surface area (Å²) in [6, 6.07) is 7.82. The van der Waals surface area contributed by atoms with Crippen LogP contribution in [0.15, 0.2) is 35.3 Å². The maximum Gasteiger partial charge on any atom is 0.254 e. The molecule has 3 heteroatoms. The molecule has 0 bridgehead atoms. The number of hydrogen-bond donors (Lipinski definition) is 0. The molecule has 0 saturated carbocycles. The minimum Gasteiger partial charge on any atom is -0.338 e. The van der Waals surface area contributed by atoms with Crippen LogP contribution >= 0.6 is 0 Å². The predicted molar refractivity (Wildman–Crippen MR) is 84.2 cm³/mol. The summed E-state index contributed by atoms with van der Waals surface area (Å²) in [4.78, 5) is 18.6. The van der Waals surface area contributed by atoms with Gasteiger partial charge in [-0.15, -0.1) is 0 Å². The van der Waals surface area contributed by atoms with Gasteiger partial charge in [-0.25, -0.2) is 0 Å². The molecular formula is C17H22N2O. The van der Waals surface area contributed by atoms with Gasteiger partial charge in [-0.3, -0.25) is 9.79 Å². The van der Waals surface area contributed by atoms with E-state index in [1.165, 1.54) is 0 Å². The van der Waals surface area contributed by atoms with E-state index >= 15 is 0 Å². The standard InChI is InChI=1S/C17H22N2O/c1-13-9-11-19(12-13)17(20)16-7-5-4-6-15(16)14(2)8-10-18-3/h4-8,10,13H,9,11-12H2,1-3H3/b14-8+,18-10?. The van der Waals surface area contributed by atoms with Crippen molar-refractivity contribution < 1.29 is 4.79 Å². The third-order valence-corrected chi connectivity index (χ3v) is 3.77. The quantitative estimate of drug-likeness (QED) is 0.776. The monoisotopic (exact) mass is 270 g/mol. The van der Waals surface area contributed by atoms with E-state index in [2.05, 4.69) is 11.9 Å². The molecule has 0 radical (unpaired) electrons. The lowest BCUT2D eigenvalue weighted by Gasteiger charge is -2.18. The zero-order valence-electron chi connectivity index (χ0n) is 12.5. The Hall–Kier alpha value is -1.90. The topological polar surface area (TPSA) is 32.7 Å². The predicted octanol–water partition coefficient (Wildman–Crippen LogP) is 3.27. The van der Waals surface area contributed by atoms with Crippen molar-refractivity contribution in [3.8, 4) is 0 Å². The molecule has 0 spiro atoms. The van der Waals surface area contributed by atoms with Gasteiger partial charge >= 0.3 is 0 Å². The number of carbonyl (C=O) groups excluding carboxylic acids is 1. The van der Waals surface area contributed by atoms with Crippen molar-refractivity contribution in [2.75, 3.05) is 20.1 Å². The average molecular weight is 270 g/mol. The molecule has 2 rings (SSSR count). The van der Waals surface area contributed by atoms with Crippen LogP contribution in [-0.4, -0.2) is 37.2 Å². The Bertz CT molecular complexity index is 546. The molecule has 1 aliphatic rings. The molecule has 1 heterocycles. The normalized spacial score (nSPS) is 19.9. The number of benzene rings is 1. The van der Waals surface area contributed by atoms with Gasteiger partial charge in [0.05, 0.1) is 0 Å². The Labute approximate surface area is 121 Å². The second kappa shape index (κ2) is 6.51. The van der Waals surface area contributed by atoms with E-state index in [-0.39, 0.29) is 5.91 Å². The SMILES string of the molecule is CN=C/C=C(\C)c1ccccc1C(=O)N1CCC(C)C1. The first kappa shape index (κ1) is 14.5. The molecule has 3 nitrogen and oxygen atoms in total. The Kier molecular flexibility index (Phi) is 4.72. The van der Waals surface area contributed by atoms with Gasteiger partial charge in [-0.2, -0.15) is 0 Å². The molecule has 1 aromatic rings. The van der Waals surface area contributed by atoms with Gasteiger partial charge in [0.25, 0.3) is 5.91 Å². The van der Waals surface area contributed by atoms with Gasteiger partial charge in [0.1, 0.15) is 0 Å². The number of aliphatic imine (C=N–C) groups is 1. The molecule has 1 saturated heterocycles. The van der Waals surface area contributed by atoms with Crippen LogP contribution in [0.4, 0.5) is 0 Å². The summed E-state index contributed by atoms with van der Waals surface area (Å²) in [5.74, 6) is 0.751. The minimum absolute atomic E-state index is 0.145. The van der Waals surface area contributed by atoms with Gasteiger partial charge in [0.15, 0.2) is 0 Å². The number of nitrogens with zero attached hydrogens (tertiary/aromatic N) is 2. The number of carbonyl (C=O) groups is 1. The number of likely N-dealkylation sites (tertiary alicyclic amines) is 1. The first-order valence-corrected chi connectivity index (χ1v) is 7.11. The maximum atomic E-state index is 12.7. The zero-order chi connectivity index (χ0) is 14.5. The lowest BCUT2D eigenvalue weighted by Crippen LogP contribution is -2.29. The van der Waals surface area contributed by atoms with Crippen LogP contribution in [0.5, 0.6) is 0 Å². The number of rotatable bonds is 3. The first-order chi connectivity index (χ1) is 9.63. The van der Waals surface area contributed by atoms with Crippen LogP contribution in [0.1, 0.15) is 36.2 Å². The highest BCUT2D eigenvalue weighted by molar-refractivity contribution is 6.00. The molecule has 0 N–H and O–H groups in total. The van der Waals surface area contributed by atoms with Crippen molar-refractivity contribution in [1.29, 1.82) is 0 Å². The van der Waals surface area contributed by atoms with E-state index in [9.17, 15) is 4.79 Å². The summed E-state index contributed by atoms with van der Waals surface area (Å²) in [7, 11) is 1.74. The van der Waals surface area contributed by atoms with Crippen LogP contribution in [-0.2, 0) is 0 Å². The highest BCUT2D eigenvalue weighted by Gasteiger charge is 2.25. The molecule has 0 aromatic heterocycles. The van der Waals surface area contributed by atoms with Gasteiger partial charge in [-0.05, 0) is 42.5 Å². The zero-order valence-corrected chi connectivity index (χ0v) is 12.5. The van der Waals surface area contributed by atoms with E-state index in [1.807, 2.05) is 42.2 Å². The first-order valence-electron chi connectivity index (χ1n) is 7.11. The minimum atomic E-state index is 0.145. The number of allylic oxidation sites excluding steroid dienone is 2. The van der Waals surface area contributed by atoms with Crippen molar-refractivity contribution in [3.63, 3.8) is 0 Å². The van der Waals surface area contributed by atoms with Crippen molar-refractivity contribution in [1.82, 2.24) is 4.90 Å². The van der Waals surface area contributed by atoms with Gasteiger partial charge in [0.2, 0.25) is 0 Å². The van der Waals surface area contributed by atoms with Crippen LogP contribution < -0.4 is 0 Å². The summed E-state index contributed by atoms with van der Waals surface area (Å²) in [5.41, 5.74) is 2.85. The van der Waals surface area contributed by atoms with E-state index in [4.69, 9.17) is 0 Å². The second-order valence-electron chi connectivity index (χ2n) is 5.45. The van der Waals surface area contributed by atoms with Crippen molar-refractivity contribution >= 4 is 17.7 Å². The highest BCUT2D eigenvalue weighted by Crippen LogP contribution is 2.23. The third kappa shape index (κ3) is 3.16. The summed E-state index contributed by atoms with van der Waals surface area (Å²) in [5, 5.41) is 0. The molecular weight excluding hydrogens is 248 g/mol. The summed E-state index contributed by atoms with van der Waals surface area (Å²) in [6.45, 7) is 5.95. The van der Waals surface area contributed by atoms with Crippen LogP contribution in [0.25, 0.3) is 5.57 Å². The maximum absolute atomic E-state index is 12.7. The van der Waals surface area contributed by atoms with E-state index in [1.54, 1.807) is 13.3 Å². The molecule has 1 aliphatic heterocycles. The van der Waals surface area contributed by atoms with E-state index < -0.39 is 0 Å². The molecule has 20 heavy (non-hydrogen) atoms. The fourth-order valence-corrected chi connectivity index (χ4v) is 2.58. The Morgan fingerprint density at radius 1 is 1.35 bits per heavy atom. The Balaban J connectivity index is 2.30. The molecule has 1 fully saturated rings. The lowest BCUT2D eigenvalue weighted by molar-refractivity contribution is 0.0788. The van der Waals surface area contributed by atoms with Crippen molar-refractivity contribution in [3.05, 3.63) is 41.5 Å². The lowest BCUT2D eigenvalue weighted by atomic mass is 9.99. The average Bonchev–Trinajstić information content (AvgIpc) is 2.90. The van der Waals surface area contributed by atoms with Crippen molar-refractivity contribution in [2.45, 2.75) is 20.3 Å². The van der Waals surface area contributed by atoms with Crippen LogP contribution in [0.2, 0.25) is 0 Å². The fraction of sp³-hybridized carbons (Fsp3) is 0.412. The Morgan fingerprint density at radius 3 is 2.65 bits per heavy atom. The number of amides is 1. The summed E-state index contributed by atoms with van der Waals surface area (Å²) < 4.78 is 0. The number of hydrogen-bond acceptors (Lipinski definition) is 2. The molecule has 106 valence electrons. The Morgan fingerprint density at radius 2 is 2.05 bits per heavy atom. The van der Waals surface area contributed by atoms with Crippen molar-refractivity contribution in [2.24, 2.45) is 10.9 Å². The summed E-state index contributed by atoms with van der Waals surface area (Å²) in [6.07, 6.45) is 4.80. The van der Waals surface area contributed by atoms with Crippen LogP contribution in [0.3, 0.4) is 0 Å². The van der Waals surface area contributed by atoms with Gasteiger partial charge in [0, 0.05) is 31.9 Å². The highest BCUT2D eigenvalue weighted by atomic mass is 16.2. The van der Waals surface area contributed by atoms with E-state index in [0.29, 0.717) is 5.92 Å². The molecule has 0 aliphatic carbocycles. The molecule has 1 atom stereocenters. The fourth-order valence-electron chi connectivity index (χ4n) is 2.58. The smallest absolute Gasteiger partial charge is 0.254 e. The largest absolute Gasteiger partial charge is 0.338 e.